The minimum atomic E-state index is -4.83. The molecule has 74 heavy (non-hydrogen) atoms. The zero-order valence-corrected chi connectivity index (χ0v) is 41.0. The molecule has 10 aromatic carbocycles. The fourth-order valence-electron chi connectivity index (χ4n) is 10.9. The summed E-state index contributed by atoms with van der Waals surface area (Å²) in [5, 5.41) is 25.5. The predicted molar refractivity (Wildman–Crippen MR) is 296 cm³/mol. The Morgan fingerprint density at radius 3 is 0.986 bits per heavy atom. The first-order valence-electron chi connectivity index (χ1n) is 24.5. The van der Waals surface area contributed by atoms with Crippen LogP contribution in [0.4, 0.5) is 13.2 Å². The molecule has 0 aliphatic heterocycles. The highest BCUT2D eigenvalue weighted by atomic mass is 19.4. The second-order valence-electron chi connectivity index (χ2n) is 19.4. The van der Waals surface area contributed by atoms with Crippen molar-refractivity contribution in [1.82, 2.24) is 9.13 Å². The largest absolute Gasteiger partial charge is 0.417 e. The number of rotatable bonds is 7. The van der Waals surface area contributed by atoms with Gasteiger partial charge in [0.05, 0.1) is 50.6 Å². The minimum absolute atomic E-state index is 0.111. The van der Waals surface area contributed by atoms with Gasteiger partial charge in [0, 0.05) is 21.5 Å². The van der Waals surface area contributed by atoms with Gasteiger partial charge in [-0.05, 0) is 132 Å². The number of fused-ring (bicyclic) bond motifs is 6. The van der Waals surface area contributed by atoms with Crippen LogP contribution in [0.5, 0.6) is 0 Å². The average molecular weight is 963 g/mol. The molecule has 0 bridgehead atoms. The third-order valence-corrected chi connectivity index (χ3v) is 14.4. The molecule has 0 aliphatic rings. The number of halogens is 3. The van der Waals surface area contributed by atoms with Crippen LogP contribution in [0.1, 0.15) is 38.9 Å². The summed E-state index contributed by atoms with van der Waals surface area (Å²) < 4.78 is 50.8. The molecule has 2 heterocycles. The average Bonchev–Trinajstić information content (AvgIpc) is 3.94. The molecular weight excluding hydrogens is 918 g/mol. The molecular formula is C67H45F3N4. The van der Waals surface area contributed by atoms with Gasteiger partial charge in [-0.25, -0.2) is 0 Å². The van der Waals surface area contributed by atoms with Crippen LogP contribution >= 0.6 is 0 Å². The van der Waals surface area contributed by atoms with E-state index in [1.807, 2.05) is 30.3 Å². The van der Waals surface area contributed by atoms with Gasteiger partial charge in [0.1, 0.15) is 11.6 Å². The molecule has 2 aromatic heterocycles. The molecule has 0 spiro atoms. The van der Waals surface area contributed by atoms with Crippen molar-refractivity contribution in [3.8, 4) is 79.1 Å². The summed E-state index contributed by atoms with van der Waals surface area (Å²) in [7, 11) is 0. The Morgan fingerprint density at radius 2 is 0.689 bits per heavy atom. The van der Waals surface area contributed by atoms with Crippen molar-refractivity contribution < 1.29 is 13.2 Å². The zero-order valence-electron chi connectivity index (χ0n) is 41.0. The molecule has 12 rings (SSSR count). The van der Waals surface area contributed by atoms with E-state index < -0.39 is 11.7 Å². The highest BCUT2D eigenvalue weighted by Gasteiger charge is 2.35. The van der Waals surface area contributed by atoms with E-state index in [0.29, 0.717) is 11.4 Å². The highest BCUT2D eigenvalue weighted by molar-refractivity contribution is 6.13. The number of hydrogen-bond acceptors (Lipinski definition) is 2. The maximum Gasteiger partial charge on any atom is 0.417 e. The highest BCUT2D eigenvalue weighted by Crippen LogP contribution is 2.45. The molecule has 7 heteroatoms. The number of hydrogen-bond donors (Lipinski definition) is 0. The number of nitriles is 2. The van der Waals surface area contributed by atoms with Gasteiger partial charge >= 0.3 is 6.18 Å². The van der Waals surface area contributed by atoms with Crippen molar-refractivity contribution in [2.45, 2.75) is 33.9 Å². The fourth-order valence-corrected chi connectivity index (χ4v) is 10.9. The number of alkyl halides is 3. The molecule has 0 saturated heterocycles. The first kappa shape index (κ1) is 45.7. The Bertz CT molecular complexity index is 3940. The number of benzene rings is 10. The molecule has 0 N–H and O–H groups in total. The van der Waals surface area contributed by atoms with E-state index in [1.165, 1.54) is 12.1 Å². The van der Waals surface area contributed by atoms with Gasteiger partial charge in [0.25, 0.3) is 0 Å². The van der Waals surface area contributed by atoms with Crippen LogP contribution in [0.15, 0.2) is 200 Å². The Hall–Kier alpha value is -9.43. The van der Waals surface area contributed by atoms with Crippen molar-refractivity contribution in [2.75, 3.05) is 0 Å². The lowest BCUT2D eigenvalue weighted by Gasteiger charge is -2.20. The predicted octanol–water partition coefficient (Wildman–Crippen LogP) is 18.2. The van der Waals surface area contributed by atoms with Crippen LogP contribution < -0.4 is 0 Å². The molecule has 0 atom stereocenters. The Kier molecular flexibility index (Phi) is 10.9. The van der Waals surface area contributed by atoms with Crippen LogP contribution in [-0.4, -0.2) is 9.13 Å². The zero-order chi connectivity index (χ0) is 51.0. The smallest absolute Gasteiger partial charge is 0.308 e. The quantitative estimate of drug-likeness (QED) is 0.160. The van der Waals surface area contributed by atoms with Crippen LogP contribution in [-0.2, 0) is 6.18 Å². The fraction of sp³-hybridized carbons (Fsp3) is 0.0746. The molecule has 0 fully saturated rings. The molecule has 0 saturated carbocycles. The van der Waals surface area contributed by atoms with Gasteiger partial charge in [0.2, 0.25) is 0 Å². The first-order chi connectivity index (χ1) is 35.8. The summed E-state index contributed by atoms with van der Waals surface area (Å²) in [5.74, 6) is 0. The summed E-state index contributed by atoms with van der Waals surface area (Å²) >= 11 is 0. The molecule has 12 aromatic rings. The molecule has 0 amide bonds. The van der Waals surface area contributed by atoms with E-state index in [9.17, 15) is 10.5 Å². The van der Waals surface area contributed by atoms with Crippen molar-refractivity contribution in [3.63, 3.8) is 0 Å². The summed E-state index contributed by atoms with van der Waals surface area (Å²) in [6, 6.07) is 70.1. The molecule has 4 nitrogen and oxygen atoms in total. The van der Waals surface area contributed by atoms with Gasteiger partial charge in [-0.1, -0.05) is 174 Å². The topological polar surface area (TPSA) is 57.4 Å². The van der Waals surface area contributed by atoms with Crippen molar-refractivity contribution in [3.05, 3.63) is 239 Å². The Labute approximate surface area is 426 Å². The lowest BCUT2D eigenvalue weighted by atomic mass is 9.94. The van der Waals surface area contributed by atoms with Crippen molar-refractivity contribution >= 4 is 43.6 Å². The lowest BCUT2D eigenvalue weighted by molar-refractivity contribution is -0.137. The van der Waals surface area contributed by atoms with E-state index in [-0.39, 0.29) is 22.3 Å². The summed E-state index contributed by atoms with van der Waals surface area (Å²) in [6.45, 7) is 8.22. The summed E-state index contributed by atoms with van der Waals surface area (Å²) in [4.78, 5) is 0. The monoisotopic (exact) mass is 962 g/mol. The van der Waals surface area contributed by atoms with Gasteiger partial charge in [-0.2, -0.15) is 23.7 Å². The minimum Gasteiger partial charge on any atom is -0.308 e. The maximum absolute atomic E-state index is 15.5. The van der Waals surface area contributed by atoms with Crippen LogP contribution in [0.3, 0.4) is 0 Å². The molecule has 354 valence electrons. The van der Waals surface area contributed by atoms with Crippen molar-refractivity contribution in [1.29, 1.82) is 10.5 Å². The third kappa shape index (κ3) is 7.87. The van der Waals surface area contributed by atoms with Crippen LogP contribution in [0.25, 0.3) is 111 Å². The third-order valence-electron chi connectivity index (χ3n) is 14.4. The normalized spacial score (nSPS) is 11.7. The summed E-state index contributed by atoms with van der Waals surface area (Å²) in [5.41, 5.74) is 15.4. The van der Waals surface area contributed by atoms with Gasteiger partial charge in [-0.3, -0.25) is 0 Å². The van der Waals surface area contributed by atoms with E-state index >= 15 is 13.2 Å². The Morgan fingerprint density at radius 1 is 0.351 bits per heavy atom. The standard InChI is InChI=1S/C67H45F3N4/c1-40-9-5-13-45(27-40)49-18-23-55-56-24-19-50(46-14-6-10-41(2)28-46)33-62(56)73(61(55)32-49)65-36-53(54-22-17-44(38-71)31-60(54)67(68,69)70)37-66(59(65)39-72)74-63-34-51(47-15-7-11-42(3)29-47)20-25-57(63)58-26-21-52(35-64(58)74)48-16-8-12-43(4)30-48/h5-37H,1-4H3. The SMILES string of the molecule is Cc1cccc(-c2ccc3c4ccc(-c5cccc(C)c5)cc4n(-c4cc(-c5ccc(C#N)cc5C(F)(F)F)cc(-n5c6cc(-c7cccc(C)c7)ccc6c6ccc(-c7cccc(C)c7)cc65)c4C#N)c3c2)c1. The number of aromatic nitrogens is 2. The maximum atomic E-state index is 15.5. The van der Waals surface area contributed by atoms with Gasteiger partial charge < -0.3 is 9.13 Å². The molecule has 0 radical (unpaired) electrons. The Balaban J connectivity index is 1.26. The number of aryl methyl sites for hydroxylation is 4. The molecule has 0 unspecified atom stereocenters. The second-order valence-corrected chi connectivity index (χ2v) is 19.4. The van der Waals surface area contributed by atoms with Crippen LogP contribution in [0, 0.1) is 50.4 Å². The van der Waals surface area contributed by atoms with Crippen LogP contribution in [0.2, 0.25) is 0 Å². The van der Waals surface area contributed by atoms with Crippen molar-refractivity contribution in [2.24, 2.45) is 0 Å². The first-order valence-corrected chi connectivity index (χ1v) is 24.5. The lowest BCUT2D eigenvalue weighted by Crippen LogP contribution is -2.09. The number of nitrogens with zero attached hydrogens (tertiary/aromatic N) is 4. The van der Waals surface area contributed by atoms with Gasteiger partial charge in [0.15, 0.2) is 0 Å². The molecule has 0 aliphatic carbocycles. The summed E-state index contributed by atoms with van der Waals surface area (Å²) in [6.07, 6.45) is -4.83. The second kappa shape index (κ2) is 17.7. The van der Waals surface area contributed by atoms with Gasteiger partial charge in [-0.15, -0.1) is 0 Å². The van der Waals surface area contributed by atoms with E-state index in [2.05, 4.69) is 188 Å². The van der Waals surface area contributed by atoms with E-state index in [1.54, 1.807) is 12.1 Å². The van der Waals surface area contributed by atoms with E-state index in [0.717, 1.165) is 116 Å². The van der Waals surface area contributed by atoms with E-state index in [4.69, 9.17) is 0 Å².